The summed E-state index contributed by atoms with van der Waals surface area (Å²) < 4.78 is 10.8. The molecule has 0 aromatic carbocycles. The lowest BCUT2D eigenvalue weighted by Crippen LogP contribution is -2.07. The van der Waals surface area contributed by atoms with Gasteiger partial charge in [-0.25, -0.2) is 0 Å². The van der Waals surface area contributed by atoms with Gasteiger partial charge in [0, 0.05) is 22.3 Å². The predicted octanol–water partition coefficient (Wildman–Crippen LogP) is 1.31. The zero-order valence-electron chi connectivity index (χ0n) is 5.22. The zero-order chi connectivity index (χ0) is 5.98. The lowest BCUT2D eigenvalue weighted by Gasteiger charge is -2.00. The highest BCUT2D eigenvalue weighted by Crippen LogP contribution is 2.21. The molecule has 1 aliphatic rings. The molecule has 1 aliphatic carbocycles. The fourth-order valence-corrected chi connectivity index (χ4v) is 2.22. The summed E-state index contributed by atoms with van der Waals surface area (Å²) in [7, 11) is -0.541. The summed E-state index contributed by atoms with van der Waals surface area (Å²) in [6.07, 6.45) is 6.80. The van der Waals surface area contributed by atoms with E-state index in [2.05, 4.69) is 0 Å². The van der Waals surface area contributed by atoms with E-state index >= 15 is 0 Å². The van der Waals surface area contributed by atoms with Gasteiger partial charge in [-0.2, -0.15) is 0 Å². The monoisotopic (exact) mass is 132 g/mol. The van der Waals surface area contributed by atoms with Crippen molar-refractivity contribution < 1.29 is 4.21 Å². The molecule has 0 heterocycles. The molecule has 0 N–H and O–H groups in total. The van der Waals surface area contributed by atoms with Gasteiger partial charge in [0.2, 0.25) is 0 Å². The van der Waals surface area contributed by atoms with Crippen molar-refractivity contribution in [3.05, 3.63) is 0 Å². The molecule has 1 rings (SSSR count). The van der Waals surface area contributed by atoms with Gasteiger partial charge in [-0.3, -0.25) is 4.21 Å². The van der Waals surface area contributed by atoms with Gasteiger partial charge in [-0.1, -0.05) is 12.8 Å². The first-order valence-electron chi connectivity index (χ1n) is 3.13. The second-order valence-corrected chi connectivity index (χ2v) is 4.07. The van der Waals surface area contributed by atoms with E-state index in [0.29, 0.717) is 5.25 Å². The molecule has 1 saturated carbocycles. The maximum Gasteiger partial charge on any atom is 0.0345 e. The van der Waals surface area contributed by atoms with Gasteiger partial charge < -0.3 is 0 Å². The standard InChI is InChI=1S/C6H12OS/c1-8(7)6-4-2-3-5-6/h6H,2-5H2,1H3. The Bertz CT molecular complexity index is 94.7. The van der Waals surface area contributed by atoms with Crippen LogP contribution in [0.15, 0.2) is 0 Å². The number of rotatable bonds is 1. The Hall–Kier alpha value is 0.150. The highest BCUT2D eigenvalue weighted by molar-refractivity contribution is 7.84. The van der Waals surface area contributed by atoms with Crippen molar-refractivity contribution >= 4 is 10.8 Å². The van der Waals surface area contributed by atoms with E-state index < -0.39 is 10.8 Å². The van der Waals surface area contributed by atoms with Crippen LogP contribution >= 0.6 is 0 Å². The molecule has 0 bridgehead atoms. The van der Waals surface area contributed by atoms with E-state index in [1.807, 2.05) is 6.26 Å². The van der Waals surface area contributed by atoms with Gasteiger partial charge >= 0.3 is 0 Å². The third kappa shape index (κ3) is 1.31. The Morgan fingerprint density at radius 2 is 1.88 bits per heavy atom. The zero-order valence-corrected chi connectivity index (χ0v) is 6.04. The molecule has 1 fully saturated rings. The third-order valence-corrected chi connectivity index (χ3v) is 3.18. The minimum atomic E-state index is -0.541. The highest BCUT2D eigenvalue weighted by Gasteiger charge is 2.17. The van der Waals surface area contributed by atoms with Crippen molar-refractivity contribution in [1.82, 2.24) is 0 Å². The first kappa shape index (κ1) is 6.27. The van der Waals surface area contributed by atoms with Gasteiger partial charge in [0.15, 0.2) is 0 Å². The summed E-state index contributed by atoms with van der Waals surface area (Å²) in [6, 6.07) is 0. The van der Waals surface area contributed by atoms with Crippen LogP contribution in [0.2, 0.25) is 0 Å². The summed E-state index contributed by atoms with van der Waals surface area (Å²) in [6.45, 7) is 0. The summed E-state index contributed by atoms with van der Waals surface area (Å²) in [5, 5.41) is 0.537. The quantitative estimate of drug-likeness (QED) is 0.525. The van der Waals surface area contributed by atoms with Crippen LogP contribution in [0.4, 0.5) is 0 Å². The summed E-state index contributed by atoms with van der Waals surface area (Å²) >= 11 is 0. The van der Waals surface area contributed by atoms with Gasteiger partial charge in [0.1, 0.15) is 0 Å². The van der Waals surface area contributed by atoms with E-state index in [9.17, 15) is 4.21 Å². The Balaban J connectivity index is 2.35. The van der Waals surface area contributed by atoms with Crippen molar-refractivity contribution in [2.75, 3.05) is 6.26 Å². The van der Waals surface area contributed by atoms with Crippen LogP contribution in [-0.2, 0) is 10.8 Å². The maximum atomic E-state index is 10.8. The molecule has 0 aromatic rings. The van der Waals surface area contributed by atoms with E-state index in [4.69, 9.17) is 0 Å². The topological polar surface area (TPSA) is 17.1 Å². The normalized spacial score (nSPS) is 26.1. The van der Waals surface area contributed by atoms with Crippen LogP contribution in [0, 0.1) is 0 Å². The average Bonchev–Trinajstić information content (AvgIpc) is 2.12. The predicted molar refractivity (Wildman–Crippen MR) is 36.3 cm³/mol. The van der Waals surface area contributed by atoms with Crippen molar-refractivity contribution in [2.24, 2.45) is 0 Å². The lowest BCUT2D eigenvalue weighted by molar-refractivity contribution is 0.673. The molecule has 8 heavy (non-hydrogen) atoms. The van der Waals surface area contributed by atoms with Gasteiger partial charge in [0.05, 0.1) is 0 Å². The highest BCUT2D eigenvalue weighted by atomic mass is 32.2. The SMILES string of the molecule is CS(=O)C1CCCC1. The molecule has 1 nitrogen and oxygen atoms in total. The van der Waals surface area contributed by atoms with E-state index in [1.54, 1.807) is 0 Å². The van der Waals surface area contributed by atoms with Gasteiger partial charge in [0.25, 0.3) is 0 Å². The molecule has 1 unspecified atom stereocenters. The molecule has 0 aliphatic heterocycles. The van der Waals surface area contributed by atoms with Crippen molar-refractivity contribution in [3.8, 4) is 0 Å². The van der Waals surface area contributed by atoms with E-state index in [-0.39, 0.29) is 0 Å². The molecule has 0 radical (unpaired) electrons. The maximum absolute atomic E-state index is 10.8. The van der Waals surface area contributed by atoms with Crippen LogP contribution in [0.1, 0.15) is 25.7 Å². The second-order valence-electron chi connectivity index (χ2n) is 2.41. The molecule has 0 amide bonds. The summed E-state index contributed by atoms with van der Waals surface area (Å²) in [5.41, 5.74) is 0. The Morgan fingerprint density at radius 3 is 2.12 bits per heavy atom. The van der Waals surface area contributed by atoms with E-state index in [0.717, 1.165) is 0 Å². The first-order valence-corrected chi connectivity index (χ1v) is 4.75. The fourth-order valence-electron chi connectivity index (χ4n) is 1.22. The van der Waals surface area contributed by atoms with Crippen LogP contribution in [0.5, 0.6) is 0 Å². The molecule has 0 aromatic heterocycles. The fraction of sp³-hybridized carbons (Fsp3) is 1.00. The molecular formula is C6H12OS. The lowest BCUT2D eigenvalue weighted by atomic mass is 10.4. The molecular weight excluding hydrogens is 120 g/mol. The van der Waals surface area contributed by atoms with Crippen LogP contribution < -0.4 is 0 Å². The average molecular weight is 132 g/mol. The Kier molecular flexibility index (Phi) is 2.06. The summed E-state index contributed by atoms with van der Waals surface area (Å²) in [4.78, 5) is 0. The molecule has 0 saturated heterocycles. The Labute approximate surface area is 52.9 Å². The smallest absolute Gasteiger partial charge is 0.0345 e. The van der Waals surface area contributed by atoms with Crippen molar-refractivity contribution in [2.45, 2.75) is 30.9 Å². The molecule has 0 spiro atoms. The van der Waals surface area contributed by atoms with Crippen LogP contribution in [0.3, 0.4) is 0 Å². The van der Waals surface area contributed by atoms with Gasteiger partial charge in [-0.05, 0) is 12.8 Å². The first-order chi connectivity index (χ1) is 3.80. The van der Waals surface area contributed by atoms with Crippen molar-refractivity contribution in [1.29, 1.82) is 0 Å². The minimum Gasteiger partial charge on any atom is -0.260 e. The molecule has 48 valence electrons. The Morgan fingerprint density at radius 1 is 1.38 bits per heavy atom. The largest absolute Gasteiger partial charge is 0.260 e. The molecule has 1 atom stereocenters. The van der Waals surface area contributed by atoms with E-state index in [1.165, 1.54) is 25.7 Å². The minimum absolute atomic E-state index is 0.537. The van der Waals surface area contributed by atoms with Crippen LogP contribution in [-0.4, -0.2) is 15.7 Å². The summed E-state index contributed by atoms with van der Waals surface area (Å²) in [5.74, 6) is 0. The second kappa shape index (κ2) is 2.62. The number of hydrogen-bond acceptors (Lipinski definition) is 1. The van der Waals surface area contributed by atoms with Gasteiger partial charge in [-0.15, -0.1) is 0 Å². The molecule has 2 heteroatoms. The third-order valence-electron chi connectivity index (χ3n) is 1.77. The van der Waals surface area contributed by atoms with Crippen LogP contribution in [0.25, 0.3) is 0 Å². The van der Waals surface area contributed by atoms with Crippen molar-refractivity contribution in [3.63, 3.8) is 0 Å². The number of hydrogen-bond donors (Lipinski definition) is 0.